The van der Waals surface area contributed by atoms with Gasteiger partial charge in [0.15, 0.2) is 11.5 Å². The second-order valence-electron chi connectivity index (χ2n) is 8.93. The first-order valence-electron chi connectivity index (χ1n) is 12.6. The molecule has 2 amide bonds. The molecule has 39 heavy (non-hydrogen) atoms. The van der Waals surface area contributed by atoms with Crippen molar-refractivity contribution in [1.82, 2.24) is 10.2 Å². The molecule has 0 spiro atoms. The monoisotopic (exact) mass is 648 g/mol. The molecule has 1 aliphatic carbocycles. The van der Waals surface area contributed by atoms with Crippen LogP contribution >= 0.6 is 22.6 Å². The standard InChI is InChI=1S/C29H33IN2O7/c1-3-4-10-26(35)32(17-19-8-6-5-7-9-19)23-15-21(29(37)31-11-12-33)16-24(27(23)36)39-28-22(30)13-20(18-34)14-25(28)38-2/h4-10,13-14,16,18,23-24,27,33,36H,3,11-12,15,17H2,1-2H3,(H,31,37). The van der Waals surface area contributed by atoms with Gasteiger partial charge in [-0.3, -0.25) is 14.4 Å². The zero-order chi connectivity index (χ0) is 28.4. The number of benzene rings is 2. The van der Waals surface area contributed by atoms with Crippen molar-refractivity contribution in [3.05, 3.63) is 81.0 Å². The summed E-state index contributed by atoms with van der Waals surface area (Å²) in [6, 6.07) is 11.7. The van der Waals surface area contributed by atoms with Crippen LogP contribution in [0.2, 0.25) is 0 Å². The van der Waals surface area contributed by atoms with Crippen molar-refractivity contribution in [1.29, 1.82) is 0 Å². The Labute approximate surface area is 241 Å². The highest BCUT2D eigenvalue weighted by Gasteiger charge is 2.40. The van der Waals surface area contributed by atoms with Gasteiger partial charge in [-0.1, -0.05) is 43.3 Å². The lowest BCUT2D eigenvalue weighted by Crippen LogP contribution is -2.54. The fraction of sp³-hybridized carbons (Fsp3) is 0.345. The van der Waals surface area contributed by atoms with E-state index >= 15 is 0 Å². The van der Waals surface area contributed by atoms with Crippen LogP contribution in [0.3, 0.4) is 0 Å². The molecule has 0 saturated heterocycles. The molecule has 2 aromatic carbocycles. The van der Waals surface area contributed by atoms with Gasteiger partial charge >= 0.3 is 0 Å². The third kappa shape index (κ3) is 7.90. The van der Waals surface area contributed by atoms with E-state index in [0.717, 1.165) is 5.56 Å². The van der Waals surface area contributed by atoms with Crippen LogP contribution in [-0.4, -0.2) is 71.7 Å². The molecule has 0 heterocycles. The Morgan fingerprint density at radius 2 is 1.97 bits per heavy atom. The van der Waals surface area contributed by atoms with E-state index in [1.54, 1.807) is 17.0 Å². The molecule has 0 bridgehead atoms. The normalized spacial score (nSPS) is 18.8. The highest BCUT2D eigenvalue weighted by atomic mass is 127. The van der Waals surface area contributed by atoms with E-state index in [0.29, 0.717) is 38.9 Å². The molecule has 1 aliphatic rings. The molecule has 0 aliphatic heterocycles. The van der Waals surface area contributed by atoms with Crippen LogP contribution in [-0.2, 0) is 16.1 Å². The Balaban J connectivity index is 2.04. The van der Waals surface area contributed by atoms with Gasteiger partial charge in [0.1, 0.15) is 18.5 Å². The van der Waals surface area contributed by atoms with Crippen molar-refractivity contribution >= 4 is 40.7 Å². The average molecular weight is 648 g/mol. The van der Waals surface area contributed by atoms with E-state index in [4.69, 9.17) is 9.47 Å². The first kappa shape index (κ1) is 30.3. The first-order valence-corrected chi connectivity index (χ1v) is 13.7. The summed E-state index contributed by atoms with van der Waals surface area (Å²) in [6.45, 7) is 1.95. The van der Waals surface area contributed by atoms with Crippen LogP contribution in [0.25, 0.3) is 0 Å². The van der Waals surface area contributed by atoms with Gasteiger partial charge in [0, 0.05) is 30.6 Å². The maximum absolute atomic E-state index is 13.4. The first-order chi connectivity index (χ1) is 18.8. The highest BCUT2D eigenvalue weighted by Crippen LogP contribution is 2.37. The molecular weight excluding hydrogens is 615 g/mol. The molecule has 10 heteroatoms. The van der Waals surface area contributed by atoms with E-state index in [2.05, 4.69) is 5.32 Å². The van der Waals surface area contributed by atoms with Crippen LogP contribution in [0.15, 0.2) is 66.3 Å². The molecule has 0 aromatic heterocycles. The lowest BCUT2D eigenvalue weighted by atomic mass is 9.87. The summed E-state index contributed by atoms with van der Waals surface area (Å²) in [5.74, 6) is -0.139. The predicted octanol–water partition coefficient (Wildman–Crippen LogP) is 3.02. The van der Waals surface area contributed by atoms with Gasteiger partial charge < -0.3 is 29.9 Å². The highest BCUT2D eigenvalue weighted by molar-refractivity contribution is 14.1. The van der Waals surface area contributed by atoms with E-state index < -0.39 is 24.2 Å². The smallest absolute Gasteiger partial charge is 0.247 e. The van der Waals surface area contributed by atoms with Crippen LogP contribution in [0, 0.1) is 3.57 Å². The van der Waals surface area contributed by atoms with Gasteiger partial charge in [-0.2, -0.15) is 0 Å². The van der Waals surface area contributed by atoms with Gasteiger partial charge in [-0.05, 0) is 58.9 Å². The number of carbonyl (C=O) groups is 3. The number of nitrogens with one attached hydrogen (secondary N) is 1. The number of hydrogen-bond donors (Lipinski definition) is 3. The molecule has 9 nitrogen and oxygen atoms in total. The van der Waals surface area contributed by atoms with Crippen molar-refractivity contribution in [3.8, 4) is 11.5 Å². The summed E-state index contributed by atoms with van der Waals surface area (Å²) < 4.78 is 12.2. The zero-order valence-electron chi connectivity index (χ0n) is 21.9. The maximum atomic E-state index is 13.4. The van der Waals surface area contributed by atoms with Crippen LogP contribution < -0.4 is 14.8 Å². The van der Waals surface area contributed by atoms with Crippen molar-refractivity contribution in [2.45, 2.75) is 44.6 Å². The van der Waals surface area contributed by atoms with Gasteiger partial charge in [0.2, 0.25) is 11.8 Å². The third-order valence-electron chi connectivity index (χ3n) is 6.23. The van der Waals surface area contributed by atoms with E-state index in [1.165, 1.54) is 25.3 Å². The van der Waals surface area contributed by atoms with Crippen molar-refractivity contribution < 1.29 is 34.1 Å². The Hall–Kier alpha value is -3.22. The van der Waals surface area contributed by atoms with E-state index in [9.17, 15) is 24.6 Å². The second-order valence-corrected chi connectivity index (χ2v) is 10.1. The minimum absolute atomic E-state index is 0.0553. The molecule has 3 unspecified atom stereocenters. The summed E-state index contributed by atoms with van der Waals surface area (Å²) in [5, 5.41) is 23.4. The number of methoxy groups -OCH3 is 1. The van der Waals surface area contributed by atoms with Gasteiger partial charge in [0.05, 0.1) is 23.3 Å². The Bertz CT molecular complexity index is 1220. The summed E-state index contributed by atoms with van der Waals surface area (Å²) >= 11 is 2.01. The van der Waals surface area contributed by atoms with Crippen molar-refractivity contribution in [3.63, 3.8) is 0 Å². The summed E-state index contributed by atoms with van der Waals surface area (Å²) in [6.07, 6.45) is 3.96. The van der Waals surface area contributed by atoms with Gasteiger partial charge in [0.25, 0.3) is 0 Å². The second kappa shape index (κ2) is 14.8. The molecule has 3 rings (SSSR count). The minimum atomic E-state index is -1.20. The average Bonchev–Trinajstić information content (AvgIpc) is 2.95. The quantitative estimate of drug-likeness (QED) is 0.184. The Kier molecular flexibility index (Phi) is 11.5. The van der Waals surface area contributed by atoms with Crippen LogP contribution in [0.4, 0.5) is 0 Å². The number of halogens is 1. The predicted molar refractivity (Wildman–Crippen MR) is 155 cm³/mol. The number of rotatable bonds is 12. The molecule has 2 aromatic rings. The molecule has 0 radical (unpaired) electrons. The number of aliphatic hydroxyl groups is 2. The van der Waals surface area contributed by atoms with Crippen molar-refractivity contribution in [2.24, 2.45) is 0 Å². The number of allylic oxidation sites excluding steroid dienone is 1. The number of aldehydes is 1. The summed E-state index contributed by atoms with van der Waals surface area (Å²) in [5.41, 5.74) is 1.57. The lowest BCUT2D eigenvalue weighted by molar-refractivity contribution is -0.134. The zero-order valence-corrected chi connectivity index (χ0v) is 24.0. The maximum Gasteiger partial charge on any atom is 0.247 e. The molecule has 3 N–H and O–H groups in total. The van der Waals surface area contributed by atoms with Crippen molar-refractivity contribution in [2.75, 3.05) is 20.3 Å². The minimum Gasteiger partial charge on any atom is -0.493 e. The Morgan fingerprint density at radius 3 is 2.62 bits per heavy atom. The third-order valence-corrected chi connectivity index (χ3v) is 7.03. The lowest BCUT2D eigenvalue weighted by Gasteiger charge is -2.40. The number of amides is 2. The summed E-state index contributed by atoms with van der Waals surface area (Å²) in [7, 11) is 1.44. The molecule has 0 saturated carbocycles. The SMILES string of the molecule is CCC=CC(=O)N(Cc1ccccc1)C1CC(C(=O)NCCO)=CC(Oc2c(I)cc(C=O)cc2OC)C1O. The number of nitrogens with zero attached hydrogens (tertiary/aromatic N) is 1. The Morgan fingerprint density at radius 1 is 1.23 bits per heavy atom. The van der Waals surface area contributed by atoms with Crippen LogP contribution in [0.5, 0.6) is 11.5 Å². The number of hydrogen-bond acceptors (Lipinski definition) is 7. The van der Waals surface area contributed by atoms with Gasteiger partial charge in [-0.25, -0.2) is 0 Å². The summed E-state index contributed by atoms with van der Waals surface area (Å²) in [4.78, 5) is 39.2. The van der Waals surface area contributed by atoms with Gasteiger partial charge in [-0.15, -0.1) is 0 Å². The molecule has 3 atom stereocenters. The largest absolute Gasteiger partial charge is 0.493 e. The topological polar surface area (TPSA) is 125 Å². The van der Waals surface area contributed by atoms with E-state index in [-0.39, 0.29) is 32.0 Å². The number of aliphatic hydroxyl groups excluding tert-OH is 2. The molecule has 0 fully saturated rings. The number of carbonyl (C=O) groups excluding carboxylic acids is 3. The van der Waals surface area contributed by atoms with Crippen LogP contribution in [0.1, 0.15) is 35.7 Å². The number of ether oxygens (including phenoxy) is 2. The fourth-order valence-corrected chi connectivity index (χ4v) is 5.04. The fourth-order valence-electron chi connectivity index (χ4n) is 4.29. The molecule has 208 valence electrons. The van der Waals surface area contributed by atoms with E-state index in [1.807, 2.05) is 59.8 Å². The molecular formula is C29H33IN2O7.